The Morgan fingerprint density at radius 1 is 1.26 bits per heavy atom. The number of unbranched alkanes of at least 4 members (excludes halogenated alkanes) is 1. The molecule has 1 N–H and O–H groups in total. The van der Waals surface area contributed by atoms with Crippen molar-refractivity contribution in [3.05, 3.63) is 28.3 Å². The number of rotatable bonds is 7. The highest BCUT2D eigenvalue weighted by molar-refractivity contribution is 6.31. The van der Waals surface area contributed by atoms with Crippen molar-refractivity contribution < 1.29 is 0 Å². The van der Waals surface area contributed by atoms with Crippen LogP contribution in [0.4, 0.5) is 5.69 Å². The molecule has 23 heavy (non-hydrogen) atoms. The van der Waals surface area contributed by atoms with Crippen molar-refractivity contribution in [2.75, 3.05) is 18.0 Å². The predicted octanol–water partition coefficient (Wildman–Crippen LogP) is 5.73. The van der Waals surface area contributed by atoms with E-state index in [1.54, 1.807) is 0 Å². The summed E-state index contributed by atoms with van der Waals surface area (Å²) in [6.45, 7) is 14.6. The van der Waals surface area contributed by atoms with E-state index >= 15 is 0 Å². The number of hydrogen-bond donors (Lipinski definition) is 1. The summed E-state index contributed by atoms with van der Waals surface area (Å²) in [5, 5.41) is 4.38. The Labute approximate surface area is 147 Å². The van der Waals surface area contributed by atoms with Crippen molar-refractivity contribution in [3.8, 4) is 0 Å². The van der Waals surface area contributed by atoms with Gasteiger partial charge in [-0.15, -0.1) is 0 Å². The molecular formula is C20H33ClN2. The van der Waals surface area contributed by atoms with E-state index in [-0.39, 0.29) is 5.54 Å². The molecule has 1 heterocycles. The monoisotopic (exact) mass is 336 g/mol. The minimum Gasteiger partial charge on any atom is -0.366 e. The highest BCUT2D eigenvalue weighted by Gasteiger charge is 2.36. The van der Waals surface area contributed by atoms with E-state index in [1.165, 1.54) is 36.1 Å². The number of halogens is 1. The molecule has 3 heteroatoms. The Hall–Kier alpha value is -0.730. The molecule has 1 aliphatic rings. The van der Waals surface area contributed by atoms with Crippen molar-refractivity contribution >= 4 is 17.3 Å². The van der Waals surface area contributed by atoms with Crippen molar-refractivity contribution in [1.82, 2.24) is 5.32 Å². The lowest BCUT2D eigenvalue weighted by Crippen LogP contribution is -2.48. The van der Waals surface area contributed by atoms with Crippen molar-refractivity contribution in [3.63, 3.8) is 0 Å². The maximum absolute atomic E-state index is 6.61. The Balaban J connectivity index is 2.34. The number of anilines is 1. The van der Waals surface area contributed by atoms with Crippen LogP contribution in [-0.2, 0) is 6.54 Å². The van der Waals surface area contributed by atoms with Crippen LogP contribution in [0.3, 0.4) is 0 Å². The molecule has 1 aromatic rings. The van der Waals surface area contributed by atoms with Crippen LogP contribution in [0, 0.1) is 0 Å². The summed E-state index contributed by atoms with van der Waals surface area (Å²) in [7, 11) is 0. The molecule has 2 nitrogen and oxygen atoms in total. The van der Waals surface area contributed by atoms with Crippen molar-refractivity contribution in [2.45, 2.75) is 78.3 Å². The van der Waals surface area contributed by atoms with Gasteiger partial charge in [-0.1, -0.05) is 44.9 Å². The maximum Gasteiger partial charge on any atom is 0.0471 e. The van der Waals surface area contributed by atoms with E-state index in [0.29, 0.717) is 5.92 Å². The fourth-order valence-corrected chi connectivity index (χ4v) is 4.05. The number of nitrogens with one attached hydrogen (secondary N) is 1. The van der Waals surface area contributed by atoms with Crippen molar-refractivity contribution in [1.29, 1.82) is 0 Å². The van der Waals surface area contributed by atoms with Crippen LogP contribution in [0.15, 0.2) is 12.1 Å². The quantitative estimate of drug-likeness (QED) is 0.639. The number of fused-ring (bicyclic) bond motifs is 1. The standard InChI is InChI=1S/C20H33ClN2/c1-6-8-10-23-19-12-18(21)16(14-22-9-7-2)11-17(19)15(3)13-20(23,4)5/h11-12,15,22H,6-10,13-14H2,1-5H3/t15-/m1/s1. The van der Waals surface area contributed by atoms with E-state index in [2.05, 4.69) is 57.0 Å². The molecule has 1 atom stereocenters. The molecule has 1 aromatic carbocycles. The normalized spacial score (nSPS) is 19.7. The van der Waals surface area contributed by atoms with Gasteiger partial charge in [-0.3, -0.25) is 0 Å². The lowest BCUT2D eigenvalue weighted by molar-refractivity contribution is 0.373. The summed E-state index contributed by atoms with van der Waals surface area (Å²) in [6, 6.07) is 4.56. The van der Waals surface area contributed by atoms with Gasteiger partial charge in [-0.05, 0) is 62.8 Å². The van der Waals surface area contributed by atoms with E-state index in [4.69, 9.17) is 11.6 Å². The van der Waals surface area contributed by atoms with Crippen LogP contribution in [0.1, 0.15) is 77.3 Å². The lowest BCUT2D eigenvalue weighted by atomic mass is 9.79. The Morgan fingerprint density at radius 2 is 2.00 bits per heavy atom. The molecule has 0 saturated carbocycles. The Kier molecular flexibility index (Phi) is 6.39. The van der Waals surface area contributed by atoms with Crippen LogP contribution in [0.2, 0.25) is 5.02 Å². The second-order valence-electron chi connectivity index (χ2n) is 7.60. The van der Waals surface area contributed by atoms with E-state index in [0.717, 1.165) is 31.1 Å². The first-order valence-corrected chi connectivity index (χ1v) is 9.59. The van der Waals surface area contributed by atoms with Crippen LogP contribution < -0.4 is 10.2 Å². The topological polar surface area (TPSA) is 15.3 Å². The summed E-state index contributed by atoms with van der Waals surface area (Å²) in [6.07, 6.45) is 4.81. The van der Waals surface area contributed by atoms with Gasteiger partial charge in [0.1, 0.15) is 0 Å². The molecule has 130 valence electrons. The summed E-state index contributed by atoms with van der Waals surface area (Å²) in [4.78, 5) is 2.58. The molecule has 0 saturated heterocycles. The minimum atomic E-state index is 0.201. The van der Waals surface area contributed by atoms with Crippen LogP contribution in [0.5, 0.6) is 0 Å². The van der Waals surface area contributed by atoms with Gasteiger partial charge in [-0.25, -0.2) is 0 Å². The van der Waals surface area contributed by atoms with Gasteiger partial charge in [-0.2, -0.15) is 0 Å². The average Bonchev–Trinajstić information content (AvgIpc) is 2.47. The van der Waals surface area contributed by atoms with Gasteiger partial charge >= 0.3 is 0 Å². The Morgan fingerprint density at radius 3 is 2.65 bits per heavy atom. The summed E-state index contributed by atoms with van der Waals surface area (Å²) < 4.78 is 0. The third kappa shape index (κ3) is 4.22. The summed E-state index contributed by atoms with van der Waals surface area (Å²) >= 11 is 6.61. The van der Waals surface area contributed by atoms with Gasteiger partial charge < -0.3 is 10.2 Å². The highest BCUT2D eigenvalue weighted by Crippen LogP contribution is 2.45. The Bertz CT molecular complexity index is 525. The molecule has 0 aliphatic carbocycles. The third-order valence-corrected chi connectivity index (χ3v) is 5.38. The number of hydrogen-bond acceptors (Lipinski definition) is 2. The zero-order valence-corrected chi connectivity index (χ0v) is 16.3. The summed E-state index contributed by atoms with van der Waals surface area (Å²) in [5.41, 5.74) is 4.26. The molecule has 0 fully saturated rings. The first kappa shape index (κ1) is 18.6. The maximum atomic E-state index is 6.61. The first-order chi connectivity index (χ1) is 10.9. The smallest absolute Gasteiger partial charge is 0.0471 e. The first-order valence-electron chi connectivity index (χ1n) is 9.21. The van der Waals surface area contributed by atoms with E-state index < -0.39 is 0 Å². The van der Waals surface area contributed by atoms with Gasteiger partial charge in [0, 0.05) is 29.3 Å². The molecule has 0 amide bonds. The molecular weight excluding hydrogens is 304 g/mol. The molecule has 0 aromatic heterocycles. The van der Waals surface area contributed by atoms with Gasteiger partial charge in [0.2, 0.25) is 0 Å². The molecule has 2 rings (SSSR count). The van der Waals surface area contributed by atoms with Gasteiger partial charge in [0.25, 0.3) is 0 Å². The van der Waals surface area contributed by atoms with E-state index in [1.807, 2.05) is 0 Å². The molecule has 1 aliphatic heterocycles. The fraction of sp³-hybridized carbons (Fsp3) is 0.700. The zero-order valence-electron chi connectivity index (χ0n) is 15.5. The molecule has 0 radical (unpaired) electrons. The second kappa shape index (κ2) is 7.90. The largest absolute Gasteiger partial charge is 0.366 e. The summed E-state index contributed by atoms with van der Waals surface area (Å²) in [5.74, 6) is 0.583. The van der Waals surface area contributed by atoms with Gasteiger partial charge in [0.15, 0.2) is 0 Å². The van der Waals surface area contributed by atoms with Crippen LogP contribution in [-0.4, -0.2) is 18.6 Å². The minimum absolute atomic E-state index is 0.201. The fourth-order valence-electron chi connectivity index (χ4n) is 3.83. The lowest BCUT2D eigenvalue weighted by Gasteiger charge is -2.48. The van der Waals surface area contributed by atoms with Crippen molar-refractivity contribution in [2.24, 2.45) is 0 Å². The van der Waals surface area contributed by atoms with Crippen LogP contribution >= 0.6 is 11.6 Å². The third-order valence-electron chi connectivity index (χ3n) is 5.03. The SMILES string of the molecule is CCCCN1c2cc(Cl)c(CNCCC)cc2[C@H](C)CC1(C)C. The second-order valence-corrected chi connectivity index (χ2v) is 8.01. The molecule has 0 spiro atoms. The number of benzene rings is 1. The average molecular weight is 337 g/mol. The van der Waals surface area contributed by atoms with E-state index in [9.17, 15) is 0 Å². The number of nitrogens with zero attached hydrogens (tertiary/aromatic N) is 1. The van der Waals surface area contributed by atoms with Gasteiger partial charge in [0.05, 0.1) is 0 Å². The predicted molar refractivity (Wildman–Crippen MR) is 103 cm³/mol. The van der Waals surface area contributed by atoms with Crippen LogP contribution in [0.25, 0.3) is 0 Å². The highest BCUT2D eigenvalue weighted by atomic mass is 35.5. The molecule has 0 bridgehead atoms. The molecule has 0 unspecified atom stereocenters. The zero-order chi connectivity index (χ0) is 17.0.